The first kappa shape index (κ1) is 16.1. The van der Waals surface area contributed by atoms with E-state index in [0.717, 1.165) is 6.42 Å². The molecule has 3 unspecified atom stereocenters. The number of nitrogens with zero attached hydrogens (tertiary/aromatic N) is 1. The summed E-state index contributed by atoms with van der Waals surface area (Å²) in [7, 11) is 0. The van der Waals surface area contributed by atoms with Gasteiger partial charge in [-0.05, 0) is 36.7 Å². The van der Waals surface area contributed by atoms with Crippen LogP contribution in [0.2, 0.25) is 5.02 Å². The average molecular weight is 311 g/mol. The minimum absolute atomic E-state index is 0.0758. The molecule has 0 aromatic heterocycles. The summed E-state index contributed by atoms with van der Waals surface area (Å²) in [6.45, 7) is 6.75. The van der Waals surface area contributed by atoms with E-state index >= 15 is 0 Å². The minimum Gasteiger partial charge on any atom is -0.381 e. The molecule has 5 heteroatoms. The number of hydrogen-bond acceptors (Lipinski definition) is 3. The molecule has 116 valence electrons. The van der Waals surface area contributed by atoms with Gasteiger partial charge in [0.1, 0.15) is 0 Å². The molecule has 0 amide bonds. The second-order valence-electron chi connectivity index (χ2n) is 6.50. The average Bonchev–Trinajstić information content (AvgIpc) is 2.40. The Labute approximate surface area is 131 Å². The van der Waals surface area contributed by atoms with Crippen LogP contribution in [0.4, 0.5) is 11.4 Å². The van der Waals surface area contributed by atoms with Gasteiger partial charge in [-0.3, -0.25) is 10.1 Å². The highest BCUT2D eigenvalue weighted by molar-refractivity contribution is 6.33. The SMILES string of the molecule is CC1CCC(C(C)C)C(Nc2cc([N+](=O)[O-])ccc2Cl)C1. The summed E-state index contributed by atoms with van der Waals surface area (Å²) < 4.78 is 0. The van der Waals surface area contributed by atoms with Crippen molar-refractivity contribution in [2.45, 2.75) is 46.1 Å². The predicted molar refractivity (Wildman–Crippen MR) is 86.9 cm³/mol. The standard InChI is InChI=1S/C16H23ClN2O2/c1-10(2)13-6-4-11(3)8-15(13)18-16-9-12(19(20)21)5-7-14(16)17/h5,7,9-11,13,15,18H,4,6,8H2,1-3H3. The molecule has 1 aliphatic carbocycles. The fraction of sp³-hybridized carbons (Fsp3) is 0.625. The van der Waals surface area contributed by atoms with Crippen molar-refractivity contribution in [3.8, 4) is 0 Å². The topological polar surface area (TPSA) is 55.2 Å². The van der Waals surface area contributed by atoms with Gasteiger partial charge in [-0.1, -0.05) is 38.8 Å². The molecule has 1 N–H and O–H groups in total. The Kier molecular flexibility index (Phi) is 5.09. The number of benzene rings is 1. The zero-order chi connectivity index (χ0) is 15.6. The smallest absolute Gasteiger partial charge is 0.271 e. The van der Waals surface area contributed by atoms with Crippen molar-refractivity contribution in [1.29, 1.82) is 0 Å². The van der Waals surface area contributed by atoms with Gasteiger partial charge in [-0.15, -0.1) is 0 Å². The van der Waals surface area contributed by atoms with Gasteiger partial charge in [0.25, 0.3) is 5.69 Å². The Morgan fingerprint density at radius 2 is 2.10 bits per heavy atom. The molecular formula is C16H23ClN2O2. The Hall–Kier alpha value is -1.29. The predicted octanol–water partition coefficient (Wildman–Crippen LogP) is 5.12. The molecule has 1 aliphatic rings. The van der Waals surface area contributed by atoms with Gasteiger partial charge in [0.05, 0.1) is 15.6 Å². The van der Waals surface area contributed by atoms with Crippen LogP contribution in [0.25, 0.3) is 0 Å². The van der Waals surface area contributed by atoms with Crippen LogP contribution in [-0.4, -0.2) is 11.0 Å². The van der Waals surface area contributed by atoms with E-state index in [4.69, 9.17) is 11.6 Å². The lowest BCUT2D eigenvalue weighted by Crippen LogP contribution is -2.37. The highest BCUT2D eigenvalue weighted by Gasteiger charge is 2.31. The van der Waals surface area contributed by atoms with Crippen molar-refractivity contribution < 1.29 is 4.92 Å². The molecule has 0 radical (unpaired) electrons. The van der Waals surface area contributed by atoms with E-state index in [2.05, 4.69) is 26.1 Å². The van der Waals surface area contributed by atoms with Crippen LogP contribution >= 0.6 is 11.6 Å². The van der Waals surface area contributed by atoms with E-state index in [0.29, 0.717) is 34.5 Å². The maximum absolute atomic E-state index is 10.9. The molecule has 1 fully saturated rings. The minimum atomic E-state index is -0.384. The molecule has 21 heavy (non-hydrogen) atoms. The summed E-state index contributed by atoms with van der Waals surface area (Å²) in [6, 6.07) is 4.91. The number of nitro groups is 1. The summed E-state index contributed by atoms with van der Waals surface area (Å²) in [4.78, 5) is 10.5. The number of anilines is 1. The monoisotopic (exact) mass is 310 g/mol. The maximum atomic E-state index is 10.9. The van der Waals surface area contributed by atoms with E-state index in [1.807, 2.05) is 0 Å². The van der Waals surface area contributed by atoms with E-state index in [1.54, 1.807) is 12.1 Å². The molecule has 2 rings (SSSR count). The summed E-state index contributed by atoms with van der Waals surface area (Å²) in [5.74, 6) is 1.85. The molecule has 4 nitrogen and oxygen atoms in total. The maximum Gasteiger partial charge on any atom is 0.271 e. The van der Waals surface area contributed by atoms with Crippen LogP contribution in [0.3, 0.4) is 0 Å². The zero-order valence-electron chi connectivity index (χ0n) is 12.8. The molecule has 0 saturated heterocycles. The van der Waals surface area contributed by atoms with Crippen molar-refractivity contribution in [3.63, 3.8) is 0 Å². The molecule has 0 bridgehead atoms. The van der Waals surface area contributed by atoms with Gasteiger partial charge >= 0.3 is 0 Å². The Bertz CT molecular complexity index is 519. The lowest BCUT2D eigenvalue weighted by Gasteiger charge is -2.38. The number of nitrogens with one attached hydrogen (secondary N) is 1. The van der Waals surface area contributed by atoms with Gasteiger partial charge in [0.2, 0.25) is 0 Å². The van der Waals surface area contributed by atoms with Crippen LogP contribution in [0.1, 0.15) is 40.0 Å². The molecular weight excluding hydrogens is 288 g/mol. The van der Waals surface area contributed by atoms with E-state index in [-0.39, 0.29) is 10.6 Å². The highest BCUT2D eigenvalue weighted by atomic mass is 35.5. The van der Waals surface area contributed by atoms with Crippen molar-refractivity contribution in [2.24, 2.45) is 17.8 Å². The fourth-order valence-electron chi connectivity index (χ4n) is 3.31. The van der Waals surface area contributed by atoms with E-state index < -0.39 is 0 Å². The first-order chi connectivity index (χ1) is 9.88. The summed E-state index contributed by atoms with van der Waals surface area (Å²) in [5, 5.41) is 14.9. The van der Waals surface area contributed by atoms with Crippen molar-refractivity contribution in [2.75, 3.05) is 5.32 Å². The first-order valence-electron chi connectivity index (χ1n) is 7.59. The van der Waals surface area contributed by atoms with Crippen LogP contribution in [-0.2, 0) is 0 Å². The van der Waals surface area contributed by atoms with E-state index in [9.17, 15) is 10.1 Å². The number of halogens is 1. The van der Waals surface area contributed by atoms with Gasteiger partial charge in [0, 0.05) is 18.2 Å². The number of non-ortho nitro benzene ring substituents is 1. The van der Waals surface area contributed by atoms with Crippen LogP contribution in [0, 0.1) is 27.9 Å². The number of hydrogen-bond donors (Lipinski definition) is 1. The summed E-state index contributed by atoms with van der Waals surface area (Å²) >= 11 is 6.20. The Balaban J connectivity index is 2.22. The Morgan fingerprint density at radius 1 is 1.38 bits per heavy atom. The van der Waals surface area contributed by atoms with Gasteiger partial charge in [-0.25, -0.2) is 0 Å². The first-order valence-corrected chi connectivity index (χ1v) is 7.96. The van der Waals surface area contributed by atoms with Crippen molar-refractivity contribution in [3.05, 3.63) is 33.3 Å². The third-order valence-electron chi connectivity index (χ3n) is 4.52. The van der Waals surface area contributed by atoms with Gasteiger partial charge in [0.15, 0.2) is 0 Å². The van der Waals surface area contributed by atoms with Crippen LogP contribution in [0.15, 0.2) is 18.2 Å². The molecule has 0 aliphatic heterocycles. The van der Waals surface area contributed by atoms with Crippen molar-refractivity contribution in [1.82, 2.24) is 0 Å². The summed E-state index contributed by atoms with van der Waals surface area (Å²) in [5.41, 5.74) is 0.752. The van der Waals surface area contributed by atoms with Crippen LogP contribution in [0.5, 0.6) is 0 Å². The molecule has 3 atom stereocenters. The fourth-order valence-corrected chi connectivity index (χ4v) is 3.48. The van der Waals surface area contributed by atoms with Crippen LogP contribution < -0.4 is 5.32 Å². The van der Waals surface area contributed by atoms with Gasteiger partial charge in [-0.2, -0.15) is 0 Å². The van der Waals surface area contributed by atoms with E-state index in [1.165, 1.54) is 18.9 Å². The second-order valence-corrected chi connectivity index (χ2v) is 6.91. The quantitative estimate of drug-likeness (QED) is 0.620. The van der Waals surface area contributed by atoms with Gasteiger partial charge < -0.3 is 5.32 Å². The summed E-state index contributed by atoms with van der Waals surface area (Å²) in [6.07, 6.45) is 3.54. The zero-order valence-corrected chi connectivity index (χ0v) is 13.6. The molecule has 1 saturated carbocycles. The molecule has 0 spiro atoms. The lowest BCUT2D eigenvalue weighted by molar-refractivity contribution is -0.384. The third kappa shape index (κ3) is 3.88. The lowest BCUT2D eigenvalue weighted by atomic mass is 9.74. The molecule has 0 heterocycles. The molecule has 1 aromatic rings. The largest absolute Gasteiger partial charge is 0.381 e. The highest BCUT2D eigenvalue weighted by Crippen LogP contribution is 2.37. The van der Waals surface area contributed by atoms with Crippen molar-refractivity contribution >= 4 is 23.0 Å². The number of nitro benzene ring substituents is 1. The normalized spacial score (nSPS) is 25.9. The third-order valence-corrected chi connectivity index (χ3v) is 4.85. The second kappa shape index (κ2) is 6.65. The molecule has 1 aromatic carbocycles. The number of rotatable bonds is 4. The Morgan fingerprint density at radius 3 is 2.71 bits per heavy atom.